The third kappa shape index (κ3) is 1.42. The molecule has 0 unspecified atom stereocenters. The van der Waals surface area contributed by atoms with E-state index in [0.717, 1.165) is 21.5 Å². The highest BCUT2D eigenvalue weighted by Gasteiger charge is 2.09. The van der Waals surface area contributed by atoms with Gasteiger partial charge in [-0.15, -0.1) is 0 Å². The van der Waals surface area contributed by atoms with Crippen molar-refractivity contribution >= 4 is 21.4 Å². The molecule has 0 aromatic carbocycles. The second-order valence-corrected chi connectivity index (χ2v) is 4.17. The zero-order chi connectivity index (χ0) is 11.0. The number of hydrogen-bond donors (Lipinski definition) is 0. The van der Waals surface area contributed by atoms with Crippen LogP contribution in [0.15, 0.2) is 53.5 Å². The fourth-order valence-corrected chi connectivity index (χ4v) is 2.20. The van der Waals surface area contributed by atoms with Crippen LogP contribution in [0.25, 0.3) is 16.9 Å². The number of aromatic nitrogens is 3. The van der Waals surface area contributed by atoms with E-state index >= 15 is 0 Å². The second kappa shape index (κ2) is 3.72. The number of nitrogens with zero attached hydrogens (tertiary/aromatic N) is 3. The zero-order valence-corrected chi connectivity index (χ0v) is 9.92. The lowest BCUT2D eigenvalue weighted by molar-refractivity contribution is 1.15. The van der Waals surface area contributed by atoms with E-state index in [9.17, 15) is 0 Å². The molecule has 3 aromatic heterocycles. The minimum Gasteiger partial charge on any atom is -0.299 e. The molecule has 3 rings (SSSR count). The van der Waals surface area contributed by atoms with Crippen molar-refractivity contribution in [2.75, 3.05) is 0 Å². The molecule has 0 amide bonds. The molecule has 16 heavy (non-hydrogen) atoms. The van der Waals surface area contributed by atoms with Crippen LogP contribution < -0.4 is 0 Å². The van der Waals surface area contributed by atoms with Gasteiger partial charge in [-0.2, -0.15) is 0 Å². The molecule has 0 saturated heterocycles. The quantitative estimate of drug-likeness (QED) is 0.682. The van der Waals surface area contributed by atoms with E-state index in [1.807, 2.05) is 36.5 Å². The molecular formula is C12H8BrN3. The molecular weight excluding hydrogens is 266 g/mol. The summed E-state index contributed by atoms with van der Waals surface area (Å²) in [5, 5.41) is 0. The van der Waals surface area contributed by atoms with Gasteiger partial charge in [0.25, 0.3) is 0 Å². The van der Waals surface area contributed by atoms with Crippen molar-refractivity contribution in [1.29, 1.82) is 0 Å². The van der Waals surface area contributed by atoms with Crippen molar-refractivity contribution in [2.24, 2.45) is 0 Å². The topological polar surface area (TPSA) is 30.2 Å². The molecule has 0 aliphatic carbocycles. The van der Waals surface area contributed by atoms with E-state index in [0.29, 0.717) is 0 Å². The third-order valence-corrected chi connectivity index (χ3v) is 3.03. The number of fused-ring (bicyclic) bond motifs is 1. The standard InChI is InChI=1S/C12H8BrN3/c13-11-10-3-1-2-8-16(10)12(15-11)9-4-6-14-7-5-9/h1-8H. The van der Waals surface area contributed by atoms with Crippen LogP contribution in [0.5, 0.6) is 0 Å². The Hall–Kier alpha value is -1.68. The highest BCUT2D eigenvalue weighted by Crippen LogP contribution is 2.25. The predicted octanol–water partition coefficient (Wildman–Crippen LogP) is 3.16. The first-order valence-electron chi connectivity index (χ1n) is 4.89. The molecule has 78 valence electrons. The number of hydrogen-bond acceptors (Lipinski definition) is 2. The van der Waals surface area contributed by atoms with Gasteiger partial charge in [0.05, 0.1) is 5.52 Å². The number of pyridine rings is 2. The lowest BCUT2D eigenvalue weighted by Gasteiger charge is -1.99. The first-order valence-corrected chi connectivity index (χ1v) is 5.68. The van der Waals surface area contributed by atoms with E-state index in [4.69, 9.17) is 0 Å². The van der Waals surface area contributed by atoms with Gasteiger partial charge in [-0.25, -0.2) is 4.98 Å². The maximum atomic E-state index is 4.51. The van der Waals surface area contributed by atoms with Crippen molar-refractivity contribution in [3.8, 4) is 11.4 Å². The SMILES string of the molecule is Brc1nc(-c2ccncc2)n2ccccc12. The van der Waals surface area contributed by atoms with Crippen molar-refractivity contribution < 1.29 is 0 Å². The van der Waals surface area contributed by atoms with Gasteiger partial charge in [-0.1, -0.05) is 6.07 Å². The monoisotopic (exact) mass is 273 g/mol. The fourth-order valence-electron chi connectivity index (χ4n) is 1.70. The third-order valence-electron chi connectivity index (χ3n) is 2.44. The summed E-state index contributed by atoms with van der Waals surface area (Å²) in [4.78, 5) is 8.52. The molecule has 0 N–H and O–H groups in total. The lowest BCUT2D eigenvalue weighted by atomic mass is 10.2. The second-order valence-electron chi connectivity index (χ2n) is 3.42. The molecule has 4 heteroatoms. The van der Waals surface area contributed by atoms with E-state index < -0.39 is 0 Å². The number of rotatable bonds is 1. The smallest absolute Gasteiger partial charge is 0.146 e. The molecule has 0 atom stereocenters. The average Bonchev–Trinajstić information content (AvgIpc) is 2.69. The Balaban J connectivity index is 2.33. The molecule has 0 radical (unpaired) electrons. The molecule has 3 aromatic rings. The van der Waals surface area contributed by atoms with Crippen molar-refractivity contribution in [3.63, 3.8) is 0 Å². The van der Waals surface area contributed by atoms with E-state index in [1.54, 1.807) is 12.4 Å². The Morgan fingerprint density at radius 2 is 1.88 bits per heavy atom. The molecule has 0 saturated carbocycles. The van der Waals surface area contributed by atoms with Gasteiger partial charge in [0.2, 0.25) is 0 Å². The Labute approximate surface area is 101 Å². The summed E-state index contributed by atoms with van der Waals surface area (Å²) < 4.78 is 2.92. The van der Waals surface area contributed by atoms with Gasteiger partial charge >= 0.3 is 0 Å². The minimum absolute atomic E-state index is 0.861. The van der Waals surface area contributed by atoms with Crippen LogP contribution in [0.4, 0.5) is 0 Å². The van der Waals surface area contributed by atoms with Crippen LogP contribution in [0.3, 0.4) is 0 Å². The fraction of sp³-hybridized carbons (Fsp3) is 0. The van der Waals surface area contributed by atoms with Gasteiger partial charge in [0, 0.05) is 24.2 Å². The lowest BCUT2D eigenvalue weighted by Crippen LogP contribution is -1.88. The predicted molar refractivity (Wildman–Crippen MR) is 66.1 cm³/mol. The normalized spacial score (nSPS) is 10.8. The first kappa shape index (κ1) is 9.54. The highest BCUT2D eigenvalue weighted by atomic mass is 79.9. The highest BCUT2D eigenvalue weighted by molar-refractivity contribution is 9.10. The van der Waals surface area contributed by atoms with Crippen LogP contribution in [-0.2, 0) is 0 Å². The van der Waals surface area contributed by atoms with Crippen molar-refractivity contribution in [2.45, 2.75) is 0 Å². The number of imidazole rings is 1. The maximum absolute atomic E-state index is 4.51. The Kier molecular flexibility index (Phi) is 2.22. The maximum Gasteiger partial charge on any atom is 0.146 e. The van der Waals surface area contributed by atoms with Crippen LogP contribution in [0.1, 0.15) is 0 Å². The van der Waals surface area contributed by atoms with E-state index in [-0.39, 0.29) is 0 Å². The van der Waals surface area contributed by atoms with E-state index in [1.165, 1.54) is 0 Å². The van der Waals surface area contributed by atoms with Crippen LogP contribution in [-0.4, -0.2) is 14.4 Å². The summed E-state index contributed by atoms with van der Waals surface area (Å²) in [6.07, 6.45) is 5.54. The summed E-state index contributed by atoms with van der Waals surface area (Å²) in [5.74, 6) is 0.921. The van der Waals surface area contributed by atoms with E-state index in [2.05, 4.69) is 30.3 Å². The summed E-state index contributed by atoms with van der Waals surface area (Å²) in [6, 6.07) is 9.92. The zero-order valence-electron chi connectivity index (χ0n) is 8.34. The molecule has 0 bridgehead atoms. The molecule has 0 spiro atoms. The molecule has 3 nitrogen and oxygen atoms in total. The van der Waals surface area contributed by atoms with Crippen molar-refractivity contribution in [1.82, 2.24) is 14.4 Å². The first-order chi connectivity index (χ1) is 7.86. The van der Waals surface area contributed by atoms with Gasteiger partial charge in [0.15, 0.2) is 0 Å². The summed E-state index contributed by atoms with van der Waals surface area (Å²) in [7, 11) is 0. The molecule has 3 heterocycles. The molecule has 0 fully saturated rings. The Morgan fingerprint density at radius 3 is 2.69 bits per heavy atom. The van der Waals surface area contributed by atoms with Gasteiger partial charge in [-0.05, 0) is 40.2 Å². The van der Waals surface area contributed by atoms with Gasteiger partial charge < -0.3 is 0 Å². The van der Waals surface area contributed by atoms with Crippen LogP contribution in [0.2, 0.25) is 0 Å². The summed E-state index contributed by atoms with van der Waals surface area (Å²) in [6.45, 7) is 0. The number of halogens is 1. The van der Waals surface area contributed by atoms with Gasteiger partial charge in [0.1, 0.15) is 10.4 Å². The average molecular weight is 274 g/mol. The van der Waals surface area contributed by atoms with Crippen LogP contribution in [0, 0.1) is 0 Å². The Morgan fingerprint density at radius 1 is 1.06 bits per heavy atom. The largest absolute Gasteiger partial charge is 0.299 e. The van der Waals surface area contributed by atoms with Gasteiger partial charge in [-0.3, -0.25) is 9.38 Å². The minimum atomic E-state index is 0.861. The Bertz CT molecular complexity index is 631. The van der Waals surface area contributed by atoms with Crippen LogP contribution >= 0.6 is 15.9 Å². The molecule has 0 aliphatic rings. The molecule has 0 aliphatic heterocycles. The summed E-state index contributed by atoms with van der Waals surface area (Å²) in [5.41, 5.74) is 2.12. The summed E-state index contributed by atoms with van der Waals surface area (Å²) >= 11 is 3.47. The van der Waals surface area contributed by atoms with Crippen molar-refractivity contribution in [3.05, 3.63) is 53.5 Å².